The normalized spacial score (nSPS) is 21.8. The number of ether oxygens (including phenoxy) is 3. The topological polar surface area (TPSA) is 169 Å². The second-order valence-electron chi connectivity index (χ2n) is 20.0. The molecular formula is C59H80N4O9S. The number of unbranched alkanes of at least 4 members (excludes halogenated alkanes) is 11. The van der Waals surface area contributed by atoms with Gasteiger partial charge in [-0.1, -0.05) is 150 Å². The zero-order chi connectivity index (χ0) is 51.5. The van der Waals surface area contributed by atoms with Gasteiger partial charge in [-0.3, -0.25) is 4.98 Å². The van der Waals surface area contributed by atoms with Gasteiger partial charge in [0.05, 0.1) is 29.8 Å². The number of hydrogen-bond donors (Lipinski definition) is 3. The molecule has 1 amide bonds. The van der Waals surface area contributed by atoms with Crippen LogP contribution in [0.2, 0.25) is 0 Å². The first-order chi connectivity index (χ1) is 35.7. The molecule has 3 aliphatic rings. The number of nitrogens with one attached hydrogen (secondary N) is 1. The summed E-state index contributed by atoms with van der Waals surface area (Å²) < 4.78 is 53.5. The molecule has 4 aromatic rings. The van der Waals surface area contributed by atoms with Gasteiger partial charge in [-0.2, -0.15) is 4.31 Å². The average Bonchev–Trinajstić information content (AvgIpc) is 3.40. The van der Waals surface area contributed by atoms with Gasteiger partial charge >= 0.3 is 6.09 Å². The number of rotatable bonds is 31. The molecule has 6 unspecified atom stereocenters. The molecule has 0 radical (unpaired) electrons. The van der Waals surface area contributed by atoms with Gasteiger partial charge in [0.2, 0.25) is 15.8 Å². The molecule has 396 valence electrons. The largest absolute Gasteiger partial charge is 0.460 e. The Morgan fingerprint density at radius 2 is 1.60 bits per heavy atom. The SMILES string of the molecule is C=CCOC12Oc3ccc(OC(=O)NCCCCCCCCCCCC)cc3C3C(CCCCO)C(CCCCO)C=C(C(=NOCc4ccccc4)CC1N(CCC)S(=O)(=O)c1cccc4cccnc14)C32. The zero-order valence-corrected chi connectivity index (χ0v) is 44.1. The standard InChI is InChI=1S/C59H80N4O9S/c1-4-7-8-9-10-11-12-13-14-20-34-61-58(66)71-47-32-33-52-50(41-47)55-48(30-19-22-38-65)46(27-18-21-37-64)40-49-51(62-70-43-44-25-16-15-17-26-44)42-54(59(72-52,56(49)55)69-39-6-3)63(36-5-2)73(67,68)53-31-23-28-45-29-24-35-60-57(45)53/h6,15-17,23-26,28-29,31-33,35,40-41,46,48,54-56,64-65H,3-5,7-14,18-22,27,30,34,36-39,42-43H2,1-2H3,(H,61,66). The lowest BCUT2D eigenvalue weighted by atomic mass is 9.55. The predicted molar refractivity (Wildman–Crippen MR) is 288 cm³/mol. The highest BCUT2D eigenvalue weighted by Crippen LogP contribution is 2.62. The highest BCUT2D eigenvalue weighted by Gasteiger charge is 2.66. The molecule has 0 spiro atoms. The summed E-state index contributed by atoms with van der Waals surface area (Å²) >= 11 is 0. The maximum atomic E-state index is 15.7. The Kier molecular flexibility index (Phi) is 21.3. The molecule has 13 nitrogen and oxygen atoms in total. The number of aromatic nitrogens is 1. The van der Waals surface area contributed by atoms with Crippen molar-refractivity contribution in [2.24, 2.45) is 22.9 Å². The van der Waals surface area contributed by atoms with Crippen molar-refractivity contribution in [3.05, 3.63) is 120 Å². The second kappa shape index (κ2) is 28.0. The van der Waals surface area contributed by atoms with Crippen LogP contribution in [0.1, 0.15) is 146 Å². The third kappa shape index (κ3) is 13.8. The van der Waals surface area contributed by atoms with Crippen molar-refractivity contribution >= 4 is 32.7 Å². The fraction of sp³-hybridized carbons (Fsp3) is 0.542. The molecule has 3 aromatic carbocycles. The van der Waals surface area contributed by atoms with Crippen LogP contribution in [-0.4, -0.2) is 84.5 Å². The Hall–Kier alpha value is -5.12. The lowest BCUT2D eigenvalue weighted by Gasteiger charge is -2.59. The van der Waals surface area contributed by atoms with Crippen molar-refractivity contribution in [1.82, 2.24) is 14.6 Å². The molecule has 1 saturated carbocycles. The summed E-state index contributed by atoms with van der Waals surface area (Å²) in [6.45, 7) is 9.23. The van der Waals surface area contributed by atoms with Crippen molar-refractivity contribution < 1.29 is 42.5 Å². The van der Waals surface area contributed by atoms with E-state index in [1.165, 1.54) is 49.3 Å². The molecular weight excluding hydrogens is 941 g/mol. The summed E-state index contributed by atoms with van der Waals surface area (Å²) in [4.78, 5) is 24.4. The summed E-state index contributed by atoms with van der Waals surface area (Å²) in [6, 6.07) is 23.1. The summed E-state index contributed by atoms with van der Waals surface area (Å²) in [5.41, 5.74) is 3.54. The van der Waals surface area contributed by atoms with Gasteiger partial charge in [0.1, 0.15) is 23.0 Å². The Morgan fingerprint density at radius 1 is 0.877 bits per heavy atom. The third-order valence-electron chi connectivity index (χ3n) is 14.9. The minimum Gasteiger partial charge on any atom is -0.460 e. The van der Waals surface area contributed by atoms with E-state index in [0.29, 0.717) is 53.9 Å². The number of carbonyl (C=O) groups is 1. The van der Waals surface area contributed by atoms with Gasteiger partial charge in [-0.05, 0) is 91.8 Å². The number of carbonyl (C=O) groups excluding carboxylic acids is 1. The number of amides is 1. The van der Waals surface area contributed by atoms with Crippen molar-refractivity contribution in [3.8, 4) is 11.5 Å². The van der Waals surface area contributed by atoms with E-state index >= 15 is 8.42 Å². The van der Waals surface area contributed by atoms with E-state index in [1.807, 2.05) is 61.5 Å². The van der Waals surface area contributed by atoms with E-state index < -0.39 is 33.9 Å². The van der Waals surface area contributed by atoms with Gasteiger partial charge in [0.15, 0.2) is 0 Å². The van der Waals surface area contributed by atoms with Crippen molar-refractivity contribution in [2.75, 3.05) is 32.9 Å². The molecule has 2 aliphatic carbocycles. The number of benzene rings is 3. The van der Waals surface area contributed by atoms with E-state index in [4.69, 9.17) is 24.2 Å². The fourth-order valence-electron chi connectivity index (χ4n) is 11.5. The number of oxime groups is 1. The maximum Gasteiger partial charge on any atom is 0.412 e. The Morgan fingerprint density at radius 3 is 2.33 bits per heavy atom. The van der Waals surface area contributed by atoms with Crippen molar-refractivity contribution in [1.29, 1.82) is 0 Å². The first-order valence-electron chi connectivity index (χ1n) is 27.3. The van der Waals surface area contributed by atoms with Crippen LogP contribution in [0.5, 0.6) is 11.5 Å². The molecule has 2 heterocycles. The number of nitrogens with zero attached hydrogens (tertiary/aromatic N) is 3. The van der Waals surface area contributed by atoms with Gasteiger partial charge < -0.3 is 34.6 Å². The smallest absolute Gasteiger partial charge is 0.412 e. The Labute approximate surface area is 434 Å². The summed E-state index contributed by atoms with van der Waals surface area (Å²) in [5, 5.41) is 28.7. The highest BCUT2D eigenvalue weighted by atomic mass is 32.2. The van der Waals surface area contributed by atoms with E-state index in [9.17, 15) is 15.0 Å². The van der Waals surface area contributed by atoms with Crippen LogP contribution < -0.4 is 14.8 Å². The molecule has 1 aliphatic heterocycles. The van der Waals surface area contributed by atoms with Crippen LogP contribution in [0.3, 0.4) is 0 Å². The molecule has 0 saturated heterocycles. The molecule has 14 heteroatoms. The number of aliphatic hydroxyl groups is 2. The number of aliphatic hydroxyl groups excluding tert-OH is 2. The first kappa shape index (κ1) is 55.6. The molecule has 1 aromatic heterocycles. The minimum atomic E-state index is -4.33. The van der Waals surface area contributed by atoms with Gasteiger partial charge in [0.25, 0.3) is 0 Å². The van der Waals surface area contributed by atoms with Crippen LogP contribution in [0.25, 0.3) is 10.9 Å². The van der Waals surface area contributed by atoms with Crippen LogP contribution >= 0.6 is 0 Å². The number of pyridine rings is 1. The Bertz CT molecular complexity index is 2550. The summed E-state index contributed by atoms with van der Waals surface area (Å²) in [7, 11) is -4.33. The quantitative estimate of drug-likeness (QED) is 0.0251. The van der Waals surface area contributed by atoms with Crippen LogP contribution in [-0.2, 0) is 26.2 Å². The van der Waals surface area contributed by atoms with E-state index in [0.717, 1.165) is 61.6 Å². The van der Waals surface area contributed by atoms with Crippen molar-refractivity contribution in [3.63, 3.8) is 0 Å². The summed E-state index contributed by atoms with van der Waals surface area (Å²) in [6.07, 6.45) is 21.8. The number of para-hydroxylation sites is 1. The fourth-order valence-corrected chi connectivity index (χ4v) is 13.4. The molecule has 1 fully saturated rings. The average molecular weight is 1020 g/mol. The number of allylic oxidation sites excluding steroid dienone is 1. The lowest BCUT2D eigenvalue weighted by molar-refractivity contribution is -0.251. The van der Waals surface area contributed by atoms with Crippen LogP contribution in [0.4, 0.5) is 4.79 Å². The van der Waals surface area contributed by atoms with Crippen LogP contribution in [0.15, 0.2) is 119 Å². The highest BCUT2D eigenvalue weighted by molar-refractivity contribution is 7.89. The maximum absolute atomic E-state index is 15.7. The summed E-state index contributed by atoms with van der Waals surface area (Å²) in [5.74, 6) is -1.89. The van der Waals surface area contributed by atoms with E-state index in [-0.39, 0.29) is 62.0 Å². The molecule has 7 rings (SSSR count). The van der Waals surface area contributed by atoms with Crippen molar-refractivity contribution in [2.45, 2.75) is 159 Å². The van der Waals surface area contributed by atoms with Crippen LogP contribution in [0, 0.1) is 17.8 Å². The molecule has 73 heavy (non-hydrogen) atoms. The third-order valence-corrected chi connectivity index (χ3v) is 16.8. The number of fused-ring (bicyclic) bond motifs is 3. The van der Waals surface area contributed by atoms with E-state index in [1.54, 1.807) is 36.5 Å². The molecule has 3 N–H and O–H groups in total. The zero-order valence-electron chi connectivity index (χ0n) is 43.3. The van der Waals surface area contributed by atoms with Gasteiger partial charge in [0, 0.05) is 55.8 Å². The first-order valence-corrected chi connectivity index (χ1v) is 28.7. The molecule has 6 atom stereocenters. The predicted octanol–water partition coefficient (Wildman–Crippen LogP) is 12.2. The van der Waals surface area contributed by atoms with Gasteiger partial charge in [-0.15, -0.1) is 6.58 Å². The molecule has 0 bridgehead atoms. The van der Waals surface area contributed by atoms with Gasteiger partial charge in [-0.25, -0.2) is 13.2 Å². The number of sulfonamides is 1. The monoisotopic (exact) mass is 1020 g/mol. The minimum absolute atomic E-state index is 0.0217. The second-order valence-corrected chi connectivity index (χ2v) is 21.8. The number of hydrogen-bond acceptors (Lipinski definition) is 11. The Balaban J connectivity index is 1.32. The van der Waals surface area contributed by atoms with E-state index in [2.05, 4.69) is 29.9 Å². The lowest BCUT2D eigenvalue weighted by Crippen LogP contribution is -2.70.